The summed E-state index contributed by atoms with van der Waals surface area (Å²) in [4.78, 5) is 22.0. The number of pyridine rings is 1. The van der Waals surface area contributed by atoms with E-state index in [0.29, 0.717) is 11.6 Å². The predicted octanol–water partition coefficient (Wildman–Crippen LogP) is 3.30. The van der Waals surface area contributed by atoms with Crippen molar-refractivity contribution < 1.29 is 9.53 Å². The number of hydrogen-bond acceptors (Lipinski definition) is 4. The lowest BCUT2D eigenvalue weighted by atomic mass is 10.1. The van der Waals surface area contributed by atoms with Crippen molar-refractivity contribution in [1.82, 2.24) is 19.2 Å². The van der Waals surface area contributed by atoms with Gasteiger partial charge in [0.15, 0.2) is 0 Å². The Labute approximate surface area is 182 Å². The molecule has 1 fully saturated rings. The first-order valence-corrected chi connectivity index (χ1v) is 10.7. The number of aryl methyl sites for hydroxylation is 1. The molecular weight excluding hydrogens is 400 g/mol. The summed E-state index contributed by atoms with van der Waals surface area (Å²) in [5.74, 6) is 0.0680. The van der Waals surface area contributed by atoms with Gasteiger partial charge in [0.25, 0.3) is 0 Å². The molecule has 1 amide bonds. The molecule has 1 aliphatic heterocycles. The highest BCUT2D eigenvalue weighted by Gasteiger charge is 2.20. The lowest BCUT2D eigenvalue weighted by Gasteiger charge is -2.28. The number of morpholine rings is 1. The minimum absolute atomic E-state index is 0.0680. The van der Waals surface area contributed by atoms with Gasteiger partial charge < -0.3 is 14.0 Å². The van der Waals surface area contributed by atoms with E-state index in [1.807, 2.05) is 29.8 Å². The van der Waals surface area contributed by atoms with Gasteiger partial charge in [-0.3, -0.25) is 9.69 Å². The molecule has 1 aromatic carbocycles. The van der Waals surface area contributed by atoms with Crippen molar-refractivity contribution in [1.29, 1.82) is 0 Å². The maximum Gasteiger partial charge on any atom is 0.228 e. The summed E-state index contributed by atoms with van der Waals surface area (Å²) < 4.78 is 7.33. The Morgan fingerprint density at radius 3 is 2.63 bits per heavy atom. The Balaban J connectivity index is 1.57. The number of rotatable bonds is 6. The molecule has 0 bridgehead atoms. The lowest BCUT2D eigenvalue weighted by molar-refractivity contribution is -0.129. The smallest absolute Gasteiger partial charge is 0.228 e. The first-order valence-electron chi connectivity index (χ1n) is 10.3. The number of ether oxygens (including phenoxy) is 1. The highest BCUT2D eigenvalue weighted by atomic mass is 35.5. The van der Waals surface area contributed by atoms with Gasteiger partial charge in [-0.2, -0.15) is 0 Å². The molecule has 0 N–H and O–H groups in total. The molecule has 0 spiro atoms. The summed E-state index contributed by atoms with van der Waals surface area (Å²) in [6.45, 7) is 6.98. The average molecular weight is 427 g/mol. The molecule has 0 unspecified atom stereocenters. The minimum Gasteiger partial charge on any atom is -0.379 e. The standard InChI is InChI=1S/C23H27ClN4O2/c1-17-3-5-18(6-4-17)23-20(28-16-19(24)7-8-21(28)25-23)15-22(29)26(2)9-10-27-11-13-30-14-12-27/h3-8,16H,9-15H2,1-2H3. The summed E-state index contributed by atoms with van der Waals surface area (Å²) in [5.41, 5.74) is 4.66. The number of halogens is 1. The zero-order valence-electron chi connectivity index (χ0n) is 17.5. The molecular formula is C23H27ClN4O2. The summed E-state index contributed by atoms with van der Waals surface area (Å²) in [6, 6.07) is 11.9. The number of carbonyl (C=O) groups excluding carboxylic acids is 1. The van der Waals surface area contributed by atoms with Gasteiger partial charge in [-0.1, -0.05) is 41.4 Å². The van der Waals surface area contributed by atoms with Crippen molar-refractivity contribution >= 4 is 23.2 Å². The second-order valence-corrected chi connectivity index (χ2v) is 8.23. The van der Waals surface area contributed by atoms with Crippen LogP contribution in [0.25, 0.3) is 16.9 Å². The maximum absolute atomic E-state index is 13.1. The third-order valence-electron chi connectivity index (χ3n) is 5.61. The van der Waals surface area contributed by atoms with E-state index in [0.717, 1.165) is 55.4 Å². The molecule has 6 nitrogen and oxygen atoms in total. The fraction of sp³-hybridized carbons (Fsp3) is 0.391. The Kier molecular flexibility index (Phi) is 6.37. The van der Waals surface area contributed by atoms with E-state index in [1.54, 1.807) is 4.90 Å². The van der Waals surface area contributed by atoms with Gasteiger partial charge in [0.2, 0.25) is 5.91 Å². The number of amides is 1. The van der Waals surface area contributed by atoms with Crippen LogP contribution in [0.3, 0.4) is 0 Å². The van der Waals surface area contributed by atoms with Crippen LogP contribution in [0.4, 0.5) is 0 Å². The van der Waals surface area contributed by atoms with Crippen LogP contribution < -0.4 is 0 Å². The molecule has 0 aliphatic carbocycles. The number of aromatic nitrogens is 2. The normalized spacial score (nSPS) is 14.9. The van der Waals surface area contributed by atoms with Crippen molar-refractivity contribution in [2.45, 2.75) is 13.3 Å². The summed E-state index contributed by atoms with van der Waals surface area (Å²) in [5, 5.41) is 0.615. The SMILES string of the molecule is Cc1ccc(-c2nc3ccc(Cl)cn3c2CC(=O)N(C)CCN2CCOCC2)cc1. The van der Waals surface area contributed by atoms with Crippen molar-refractivity contribution in [3.05, 3.63) is 58.9 Å². The Bertz CT molecular complexity index is 1030. The molecule has 4 rings (SSSR count). The Morgan fingerprint density at radius 2 is 1.90 bits per heavy atom. The molecule has 7 heteroatoms. The Morgan fingerprint density at radius 1 is 1.17 bits per heavy atom. The number of hydrogen-bond donors (Lipinski definition) is 0. The zero-order chi connectivity index (χ0) is 21.1. The van der Waals surface area contributed by atoms with E-state index >= 15 is 0 Å². The zero-order valence-corrected chi connectivity index (χ0v) is 18.2. The third-order valence-corrected chi connectivity index (χ3v) is 5.83. The Hall–Kier alpha value is -2.41. The van der Waals surface area contributed by atoms with E-state index in [4.69, 9.17) is 21.3 Å². The number of fused-ring (bicyclic) bond motifs is 1. The number of nitrogens with zero attached hydrogens (tertiary/aromatic N) is 4. The first kappa shape index (κ1) is 20.8. The number of carbonyl (C=O) groups is 1. The van der Waals surface area contributed by atoms with Gasteiger partial charge in [0.1, 0.15) is 5.65 Å². The quantitative estimate of drug-likeness (QED) is 0.607. The average Bonchev–Trinajstić information content (AvgIpc) is 3.10. The van der Waals surface area contributed by atoms with Gasteiger partial charge in [0.05, 0.1) is 36.0 Å². The van der Waals surface area contributed by atoms with E-state index in [1.165, 1.54) is 5.56 Å². The minimum atomic E-state index is 0.0680. The molecule has 30 heavy (non-hydrogen) atoms. The van der Waals surface area contributed by atoms with E-state index in [9.17, 15) is 4.79 Å². The van der Waals surface area contributed by atoms with Crippen LogP contribution in [0, 0.1) is 6.92 Å². The van der Waals surface area contributed by atoms with Crippen molar-refractivity contribution in [3.8, 4) is 11.3 Å². The van der Waals surface area contributed by atoms with Gasteiger partial charge in [0, 0.05) is 45.0 Å². The molecule has 0 atom stereocenters. The van der Waals surface area contributed by atoms with Crippen LogP contribution >= 0.6 is 11.6 Å². The first-order chi connectivity index (χ1) is 14.5. The molecule has 3 heterocycles. The number of imidazole rings is 1. The molecule has 0 radical (unpaired) electrons. The third kappa shape index (κ3) is 4.67. The van der Waals surface area contributed by atoms with Crippen LogP contribution in [0.5, 0.6) is 0 Å². The number of benzene rings is 1. The van der Waals surface area contributed by atoms with Gasteiger partial charge in [-0.25, -0.2) is 4.98 Å². The lowest BCUT2D eigenvalue weighted by Crippen LogP contribution is -2.42. The highest BCUT2D eigenvalue weighted by Crippen LogP contribution is 2.27. The largest absolute Gasteiger partial charge is 0.379 e. The topological polar surface area (TPSA) is 50.1 Å². The van der Waals surface area contributed by atoms with Crippen molar-refractivity contribution in [3.63, 3.8) is 0 Å². The van der Waals surface area contributed by atoms with Crippen molar-refractivity contribution in [2.75, 3.05) is 46.4 Å². The van der Waals surface area contributed by atoms with Gasteiger partial charge in [-0.15, -0.1) is 0 Å². The molecule has 0 saturated carbocycles. The maximum atomic E-state index is 13.1. The number of likely N-dealkylation sites (N-methyl/N-ethyl adjacent to an activating group) is 1. The van der Waals surface area contributed by atoms with Crippen LogP contribution in [0.2, 0.25) is 5.02 Å². The van der Waals surface area contributed by atoms with Crippen LogP contribution in [-0.4, -0.2) is 71.5 Å². The van der Waals surface area contributed by atoms with E-state index < -0.39 is 0 Å². The fourth-order valence-corrected chi connectivity index (χ4v) is 3.86. The second-order valence-electron chi connectivity index (χ2n) is 7.79. The molecule has 2 aromatic heterocycles. The van der Waals surface area contributed by atoms with Crippen LogP contribution in [-0.2, 0) is 16.0 Å². The van der Waals surface area contributed by atoms with Gasteiger partial charge >= 0.3 is 0 Å². The second kappa shape index (κ2) is 9.16. The summed E-state index contributed by atoms with van der Waals surface area (Å²) >= 11 is 6.24. The van der Waals surface area contributed by atoms with Crippen molar-refractivity contribution in [2.24, 2.45) is 0 Å². The van der Waals surface area contributed by atoms with E-state index in [-0.39, 0.29) is 12.3 Å². The molecule has 158 valence electrons. The predicted molar refractivity (Wildman–Crippen MR) is 119 cm³/mol. The highest BCUT2D eigenvalue weighted by molar-refractivity contribution is 6.30. The van der Waals surface area contributed by atoms with Gasteiger partial charge in [-0.05, 0) is 19.1 Å². The van der Waals surface area contributed by atoms with E-state index in [2.05, 4.69) is 36.1 Å². The molecule has 1 saturated heterocycles. The summed E-state index contributed by atoms with van der Waals surface area (Å²) in [6.07, 6.45) is 2.10. The fourth-order valence-electron chi connectivity index (χ4n) is 3.70. The van der Waals surface area contributed by atoms with Crippen LogP contribution in [0.1, 0.15) is 11.3 Å². The molecule has 3 aromatic rings. The van der Waals surface area contributed by atoms with Crippen LogP contribution in [0.15, 0.2) is 42.6 Å². The summed E-state index contributed by atoms with van der Waals surface area (Å²) in [7, 11) is 1.87. The monoisotopic (exact) mass is 426 g/mol. The molecule has 1 aliphatic rings.